The molecular formula is C9H12O. The fraction of sp³-hybridized carbons (Fsp3) is 0.556. The van der Waals surface area contributed by atoms with Crippen LogP contribution in [0.2, 0.25) is 0 Å². The van der Waals surface area contributed by atoms with Crippen LogP contribution in [0.15, 0.2) is 24.3 Å². The Hall–Kier alpha value is -0.560. The molecule has 2 aliphatic rings. The van der Waals surface area contributed by atoms with E-state index in [0.29, 0.717) is 12.0 Å². The molecular weight excluding hydrogens is 124 g/mol. The van der Waals surface area contributed by atoms with E-state index in [1.807, 2.05) is 0 Å². The van der Waals surface area contributed by atoms with Crippen molar-refractivity contribution < 1.29 is 4.74 Å². The van der Waals surface area contributed by atoms with Crippen LogP contribution >= 0.6 is 0 Å². The predicted molar refractivity (Wildman–Crippen MR) is 40.7 cm³/mol. The Bertz CT molecular complexity index is 152. The van der Waals surface area contributed by atoms with Gasteiger partial charge in [0.1, 0.15) is 0 Å². The molecule has 0 bridgehead atoms. The van der Waals surface area contributed by atoms with Gasteiger partial charge < -0.3 is 4.74 Å². The highest BCUT2D eigenvalue weighted by Gasteiger charge is 2.23. The second-order valence-electron chi connectivity index (χ2n) is 2.88. The summed E-state index contributed by atoms with van der Waals surface area (Å²) in [5, 5.41) is 0. The van der Waals surface area contributed by atoms with Crippen molar-refractivity contribution in [3.8, 4) is 0 Å². The molecule has 0 aromatic carbocycles. The van der Waals surface area contributed by atoms with Gasteiger partial charge in [0.05, 0.1) is 6.10 Å². The molecule has 1 aliphatic heterocycles. The number of fused-ring (bicyclic) bond motifs is 1. The van der Waals surface area contributed by atoms with Crippen LogP contribution in [-0.2, 0) is 4.74 Å². The molecule has 1 saturated heterocycles. The topological polar surface area (TPSA) is 9.23 Å². The van der Waals surface area contributed by atoms with Crippen LogP contribution in [0.5, 0.6) is 0 Å². The summed E-state index contributed by atoms with van der Waals surface area (Å²) in [7, 11) is 0. The quantitative estimate of drug-likeness (QED) is 0.462. The van der Waals surface area contributed by atoms with E-state index in [4.69, 9.17) is 4.74 Å². The minimum absolute atomic E-state index is 0.388. The molecule has 0 spiro atoms. The van der Waals surface area contributed by atoms with Crippen molar-refractivity contribution in [3.05, 3.63) is 24.3 Å². The van der Waals surface area contributed by atoms with Crippen molar-refractivity contribution in [1.29, 1.82) is 0 Å². The Labute approximate surface area is 61.4 Å². The highest BCUT2D eigenvalue weighted by molar-refractivity contribution is 5.09. The largest absolute Gasteiger partial charge is 0.374 e. The maximum absolute atomic E-state index is 5.50. The number of ether oxygens (including phenoxy) is 1. The first-order valence-electron chi connectivity index (χ1n) is 3.92. The van der Waals surface area contributed by atoms with Crippen molar-refractivity contribution in [2.24, 2.45) is 5.92 Å². The lowest BCUT2D eigenvalue weighted by Crippen LogP contribution is -2.09. The van der Waals surface area contributed by atoms with Gasteiger partial charge in [0.2, 0.25) is 0 Å². The second kappa shape index (κ2) is 2.59. The van der Waals surface area contributed by atoms with Crippen molar-refractivity contribution in [2.45, 2.75) is 18.9 Å². The van der Waals surface area contributed by atoms with Crippen LogP contribution in [0.1, 0.15) is 12.8 Å². The van der Waals surface area contributed by atoms with E-state index < -0.39 is 0 Å². The van der Waals surface area contributed by atoms with Crippen molar-refractivity contribution in [1.82, 2.24) is 0 Å². The summed E-state index contributed by atoms with van der Waals surface area (Å²) < 4.78 is 5.50. The first-order chi connectivity index (χ1) is 4.97. The first-order valence-corrected chi connectivity index (χ1v) is 3.92. The third kappa shape index (κ3) is 1.01. The Balaban J connectivity index is 2.16. The highest BCUT2D eigenvalue weighted by atomic mass is 16.5. The molecule has 1 nitrogen and oxygen atoms in total. The lowest BCUT2D eigenvalue weighted by atomic mass is 10.0. The number of allylic oxidation sites excluding steroid dienone is 2. The summed E-state index contributed by atoms with van der Waals surface area (Å²) in [6.07, 6.45) is 11.6. The molecule has 0 amide bonds. The maximum atomic E-state index is 5.50. The second-order valence-corrected chi connectivity index (χ2v) is 2.88. The van der Waals surface area contributed by atoms with E-state index >= 15 is 0 Å². The summed E-state index contributed by atoms with van der Waals surface area (Å²) in [6.45, 7) is 0.935. The number of hydrogen-bond donors (Lipinski definition) is 0. The van der Waals surface area contributed by atoms with Crippen molar-refractivity contribution >= 4 is 0 Å². The van der Waals surface area contributed by atoms with Gasteiger partial charge in [-0.05, 0) is 12.8 Å². The summed E-state index contributed by atoms with van der Waals surface area (Å²) in [5.74, 6) is 0.666. The molecule has 0 radical (unpaired) electrons. The van der Waals surface area contributed by atoms with Gasteiger partial charge in [-0.15, -0.1) is 0 Å². The molecule has 2 unspecified atom stereocenters. The zero-order valence-electron chi connectivity index (χ0n) is 5.99. The van der Waals surface area contributed by atoms with Gasteiger partial charge in [-0.3, -0.25) is 0 Å². The Morgan fingerprint density at radius 3 is 3.10 bits per heavy atom. The Kier molecular flexibility index (Phi) is 1.60. The average Bonchev–Trinajstić information content (AvgIpc) is 2.28. The molecule has 0 aromatic heterocycles. The van der Waals surface area contributed by atoms with Gasteiger partial charge in [0, 0.05) is 12.5 Å². The summed E-state index contributed by atoms with van der Waals surface area (Å²) >= 11 is 0. The molecule has 1 heterocycles. The maximum Gasteiger partial charge on any atom is 0.0819 e. The first kappa shape index (κ1) is 6.17. The monoisotopic (exact) mass is 136 g/mol. The number of rotatable bonds is 0. The molecule has 1 fully saturated rings. The van der Waals surface area contributed by atoms with Crippen molar-refractivity contribution in [2.75, 3.05) is 6.61 Å². The molecule has 0 saturated carbocycles. The van der Waals surface area contributed by atoms with Crippen molar-refractivity contribution in [3.63, 3.8) is 0 Å². The lowest BCUT2D eigenvalue weighted by molar-refractivity contribution is 0.135. The Morgan fingerprint density at radius 2 is 2.10 bits per heavy atom. The summed E-state index contributed by atoms with van der Waals surface area (Å²) in [6, 6.07) is 0. The minimum atomic E-state index is 0.388. The van der Waals surface area contributed by atoms with Crippen LogP contribution in [0.4, 0.5) is 0 Å². The third-order valence-corrected chi connectivity index (χ3v) is 2.16. The van der Waals surface area contributed by atoms with E-state index in [-0.39, 0.29) is 0 Å². The lowest BCUT2D eigenvalue weighted by Gasteiger charge is -2.07. The minimum Gasteiger partial charge on any atom is -0.374 e. The van der Waals surface area contributed by atoms with E-state index in [1.165, 1.54) is 6.42 Å². The zero-order valence-corrected chi connectivity index (χ0v) is 5.99. The Morgan fingerprint density at radius 1 is 1.20 bits per heavy atom. The van der Waals surface area contributed by atoms with Crippen LogP contribution in [0, 0.1) is 5.92 Å². The SMILES string of the molecule is C1=CC2CCOC2C=CC1. The van der Waals surface area contributed by atoms with Gasteiger partial charge >= 0.3 is 0 Å². The smallest absolute Gasteiger partial charge is 0.0819 e. The highest BCUT2D eigenvalue weighted by Crippen LogP contribution is 2.25. The van der Waals surface area contributed by atoms with Gasteiger partial charge in [0.15, 0.2) is 0 Å². The predicted octanol–water partition coefficient (Wildman–Crippen LogP) is 1.91. The van der Waals surface area contributed by atoms with E-state index in [9.17, 15) is 0 Å². The molecule has 2 atom stereocenters. The van der Waals surface area contributed by atoms with E-state index in [0.717, 1.165) is 13.0 Å². The van der Waals surface area contributed by atoms with Gasteiger partial charge in [-0.1, -0.05) is 24.3 Å². The molecule has 10 heavy (non-hydrogen) atoms. The zero-order chi connectivity index (χ0) is 6.81. The molecule has 0 aromatic rings. The molecule has 1 aliphatic carbocycles. The third-order valence-electron chi connectivity index (χ3n) is 2.16. The summed E-state index contributed by atoms with van der Waals surface area (Å²) in [5.41, 5.74) is 0. The molecule has 2 rings (SSSR count). The van der Waals surface area contributed by atoms with Crippen LogP contribution < -0.4 is 0 Å². The molecule has 0 N–H and O–H groups in total. The van der Waals surface area contributed by atoms with Gasteiger partial charge in [-0.25, -0.2) is 0 Å². The van der Waals surface area contributed by atoms with Gasteiger partial charge in [-0.2, -0.15) is 0 Å². The van der Waals surface area contributed by atoms with E-state index in [2.05, 4.69) is 24.3 Å². The number of hydrogen-bond acceptors (Lipinski definition) is 1. The van der Waals surface area contributed by atoms with Gasteiger partial charge in [0.25, 0.3) is 0 Å². The summed E-state index contributed by atoms with van der Waals surface area (Å²) in [4.78, 5) is 0. The van der Waals surface area contributed by atoms with E-state index in [1.54, 1.807) is 0 Å². The average molecular weight is 136 g/mol. The standard InChI is InChI=1S/C9H12O/c1-2-4-8-6-7-10-9(8)5-3-1/h2-5,8-9H,1,6-7H2. The van der Waals surface area contributed by atoms with Crippen LogP contribution in [0.25, 0.3) is 0 Å². The molecule has 54 valence electrons. The fourth-order valence-corrected chi connectivity index (χ4v) is 1.58. The fourth-order valence-electron chi connectivity index (χ4n) is 1.58. The normalized spacial score (nSPS) is 37.6. The van der Waals surface area contributed by atoms with Crippen LogP contribution in [0.3, 0.4) is 0 Å². The van der Waals surface area contributed by atoms with Crippen LogP contribution in [-0.4, -0.2) is 12.7 Å². The molecule has 1 heteroatoms.